The first-order valence-electron chi connectivity index (χ1n) is 6.52. The van der Waals surface area contributed by atoms with E-state index in [0.717, 1.165) is 25.7 Å². The summed E-state index contributed by atoms with van der Waals surface area (Å²) in [5, 5.41) is 2.98. The molecule has 1 atom stereocenters. The smallest absolute Gasteiger partial charge is 0.243 e. The van der Waals surface area contributed by atoms with Crippen molar-refractivity contribution in [2.45, 2.75) is 50.6 Å². The number of nitrogens with one attached hydrogen (secondary N) is 1. The van der Waals surface area contributed by atoms with Crippen LogP contribution in [0.3, 0.4) is 0 Å². The van der Waals surface area contributed by atoms with Crippen LogP contribution in [-0.4, -0.2) is 41.9 Å². The van der Waals surface area contributed by atoms with E-state index in [4.69, 9.17) is 5.73 Å². The van der Waals surface area contributed by atoms with Crippen molar-refractivity contribution in [1.29, 1.82) is 0 Å². The molecule has 1 aliphatic carbocycles. The quantitative estimate of drug-likeness (QED) is 0.709. The Balaban J connectivity index is 1.86. The van der Waals surface area contributed by atoms with E-state index in [-0.39, 0.29) is 17.9 Å². The van der Waals surface area contributed by atoms with E-state index in [9.17, 15) is 9.59 Å². The van der Waals surface area contributed by atoms with Crippen LogP contribution in [0.15, 0.2) is 0 Å². The molecule has 1 heterocycles. The molecule has 0 radical (unpaired) electrons. The van der Waals surface area contributed by atoms with Crippen LogP contribution in [0.25, 0.3) is 0 Å². The summed E-state index contributed by atoms with van der Waals surface area (Å²) in [4.78, 5) is 25.6. The minimum atomic E-state index is -0.235. The first-order valence-corrected chi connectivity index (χ1v) is 6.52. The predicted molar refractivity (Wildman–Crippen MR) is 64.2 cm³/mol. The van der Waals surface area contributed by atoms with Gasteiger partial charge in [-0.1, -0.05) is 0 Å². The van der Waals surface area contributed by atoms with Gasteiger partial charge < -0.3 is 16.0 Å². The van der Waals surface area contributed by atoms with Crippen LogP contribution in [0, 0.1) is 0 Å². The number of carbonyl (C=O) groups is 2. The van der Waals surface area contributed by atoms with Crippen molar-refractivity contribution < 1.29 is 9.59 Å². The number of rotatable bonds is 5. The van der Waals surface area contributed by atoms with Crippen LogP contribution < -0.4 is 11.1 Å². The second kappa shape index (κ2) is 5.49. The van der Waals surface area contributed by atoms with Gasteiger partial charge in [0.25, 0.3) is 0 Å². The van der Waals surface area contributed by atoms with E-state index >= 15 is 0 Å². The lowest BCUT2D eigenvalue weighted by atomic mass is 10.2. The normalized spacial score (nSPS) is 23.8. The maximum atomic E-state index is 12.0. The van der Waals surface area contributed by atoms with Gasteiger partial charge in [-0.25, -0.2) is 0 Å². The van der Waals surface area contributed by atoms with Gasteiger partial charge in [-0.3, -0.25) is 9.59 Å². The average Bonchev–Trinajstić information content (AvgIpc) is 2.98. The highest BCUT2D eigenvalue weighted by Crippen LogP contribution is 2.22. The van der Waals surface area contributed by atoms with Gasteiger partial charge in [0, 0.05) is 19.0 Å². The molecule has 5 nitrogen and oxygen atoms in total. The molecule has 1 saturated heterocycles. The van der Waals surface area contributed by atoms with Crippen LogP contribution in [0.2, 0.25) is 0 Å². The zero-order valence-corrected chi connectivity index (χ0v) is 10.2. The molecule has 1 saturated carbocycles. The second-order valence-corrected chi connectivity index (χ2v) is 4.92. The monoisotopic (exact) mass is 239 g/mol. The highest BCUT2D eigenvalue weighted by Gasteiger charge is 2.35. The van der Waals surface area contributed by atoms with Crippen LogP contribution in [-0.2, 0) is 9.59 Å². The molecule has 96 valence electrons. The highest BCUT2D eigenvalue weighted by molar-refractivity contribution is 5.88. The van der Waals surface area contributed by atoms with Gasteiger partial charge in [0.1, 0.15) is 6.04 Å². The van der Waals surface area contributed by atoms with Gasteiger partial charge in [0.2, 0.25) is 11.8 Å². The Morgan fingerprint density at radius 3 is 2.71 bits per heavy atom. The van der Waals surface area contributed by atoms with Crippen LogP contribution in [0.1, 0.15) is 38.5 Å². The van der Waals surface area contributed by atoms with Crippen LogP contribution >= 0.6 is 0 Å². The van der Waals surface area contributed by atoms with E-state index in [1.807, 2.05) is 0 Å². The minimum Gasteiger partial charge on any atom is -0.352 e. The fourth-order valence-electron chi connectivity index (χ4n) is 2.26. The topological polar surface area (TPSA) is 75.4 Å². The lowest BCUT2D eigenvalue weighted by Crippen LogP contribution is -2.46. The van der Waals surface area contributed by atoms with E-state index in [1.54, 1.807) is 4.90 Å². The van der Waals surface area contributed by atoms with Gasteiger partial charge in [0.05, 0.1) is 0 Å². The molecule has 0 aromatic carbocycles. The lowest BCUT2D eigenvalue weighted by Gasteiger charge is -2.24. The zero-order chi connectivity index (χ0) is 12.3. The number of nitrogens with zero attached hydrogens (tertiary/aromatic N) is 1. The summed E-state index contributed by atoms with van der Waals surface area (Å²) in [6.07, 6.45) is 5.05. The number of nitrogens with two attached hydrogens (primary N) is 1. The number of likely N-dealkylation sites (tertiary alicyclic amines) is 1. The summed E-state index contributed by atoms with van der Waals surface area (Å²) in [6, 6.07) is 0.130. The average molecular weight is 239 g/mol. The van der Waals surface area contributed by atoms with E-state index in [1.165, 1.54) is 0 Å². The third kappa shape index (κ3) is 3.19. The van der Waals surface area contributed by atoms with Crippen molar-refractivity contribution >= 4 is 11.8 Å². The Hall–Kier alpha value is -1.10. The third-order valence-electron chi connectivity index (χ3n) is 3.39. The molecule has 1 aliphatic heterocycles. The first-order chi connectivity index (χ1) is 8.22. The number of carbonyl (C=O) groups excluding carboxylic acids is 2. The van der Waals surface area contributed by atoms with Gasteiger partial charge >= 0.3 is 0 Å². The largest absolute Gasteiger partial charge is 0.352 e. The van der Waals surface area contributed by atoms with Gasteiger partial charge in [0.15, 0.2) is 0 Å². The molecular weight excluding hydrogens is 218 g/mol. The van der Waals surface area contributed by atoms with Gasteiger partial charge in [-0.05, 0) is 38.6 Å². The molecule has 2 aliphatic rings. The molecule has 2 rings (SSSR count). The highest BCUT2D eigenvalue weighted by atomic mass is 16.2. The lowest BCUT2D eigenvalue weighted by molar-refractivity contribution is -0.138. The molecule has 0 bridgehead atoms. The summed E-state index contributed by atoms with van der Waals surface area (Å²) >= 11 is 0. The van der Waals surface area contributed by atoms with Crippen molar-refractivity contribution in [1.82, 2.24) is 10.2 Å². The minimum absolute atomic E-state index is 0.0334. The summed E-state index contributed by atoms with van der Waals surface area (Å²) in [6.45, 7) is 1.24. The Morgan fingerprint density at radius 2 is 2.06 bits per heavy atom. The molecule has 0 aromatic rings. The van der Waals surface area contributed by atoms with Gasteiger partial charge in [-0.2, -0.15) is 0 Å². The Kier molecular flexibility index (Phi) is 3.99. The Labute approximate surface area is 102 Å². The number of amides is 2. The molecule has 5 heteroatoms. The fourth-order valence-corrected chi connectivity index (χ4v) is 2.26. The van der Waals surface area contributed by atoms with E-state index < -0.39 is 0 Å². The maximum absolute atomic E-state index is 12.0. The SMILES string of the molecule is NCCCC(=O)N1CCCC1C(=O)NC1CC1. The fraction of sp³-hybridized carbons (Fsp3) is 0.833. The van der Waals surface area contributed by atoms with Crippen molar-refractivity contribution in [2.24, 2.45) is 5.73 Å². The number of hydrogen-bond acceptors (Lipinski definition) is 3. The summed E-state index contributed by atoms with van der Waals surface area (Å²) in [5.41, 5.74) is 5.39. The Morgan fingerprint density at radius 1 is 1.29 bits per heavy atom. The molecule has 17 heavy (non-hydrogen) atoms. The van der Waals surface area contributed by atoms with Crippen molar-refractivity contribution in [3.63, 3.8) is 0 Å². The molecule has 0 spiro atoms. The molecule has 2 fully saturated rings. The van der Waals surface area contributed by atoms with Crippen molar-refractivity contribution in [2.75, 3.05) is 13.1 Å². The standard InChI is InChI=1S/C12H21N3O2/c13-7-1-4-11(16)15-8-2-3-10(15)12(17)14-9-5-6-9/h9-10H,1-8,13H2,(H,14,17). The summed E-state index contributed by atoms with van der Waals surface area (Å²) < 4.78 is 0. The molecular formula is C12H21N3O2. The molecule has 2 amide bonds. The first kappa shape index (κ1) is 12.4. The summed E-state index contributed by atoms with van der Waals surface area (Å²) in [5.74, 6) is 0.106. The molecule has 0 aromatic heterocycles. The molecule has 3 N–H and O–H groups in total. The number of hydrogen-bond donors (Lipinski definition) is 2. The molecule has 1 unspecified atom stereocenters. The summed E-state index contributed by atoms with van der Waals surface area (Å²) in [7, 11) is 0. The second-order valence-electron chi connectivity index (χ2n) is 4.92. The van der Waals surface area contributed by atoms with Crippen LogP contribution in [0.4, 0.5) is 0 Å². The maximum Gasteiger partial charge on any atom is 0.243 e. The van der Waals surface area contributed by atoms with Crippen molar-refractivity contribution in [3.8, 4) is 0 Å². The van der Waals surface area contributed by atoms with E-state index in [0.29, 0.717) is 32.0 Å². The van der Waals surface area contributed by atoms with Crippen LogP contribution in [0.5, 0.6) is 0 Å². The van der Waals surface area contributed by atoms with Crippen molar-refractivity contribution in [3.05, 3.63) is 0 Å². The van der Waals surface area contributed by atoms with E-state index in [2.05, 4.69) is 5.32 Å². The Bertz CT molecular complexity index is 302. The zero-order valence-electron chi connectivity index (χ0n) is 10.2. The third-order valence-corrected chi connectivity index (χ3v) is 3.39. The predicted octanol–water partition coefficient (Wildman–Crippen LogP) is -0.00510. The van der Waals surface area contributed by atoms with Gasteiger partial charge in [-0.15, -0.1) is 0 Å².